The van der Waals surface area contributed by atoms with Crippen molar-refractivity contribution < 1.29 is 19.1 Å². The number of aromatic amines is 1. The standard InChI is InChI=1S/C30H29N3O4/c1-30-28-27(22-9-4-6-10-24(22)31-28)23(21-8-5-7-11-25(21)37-3)17-33(30)26(34)18-32(29(30)35)16-19-12-14-20(36-2)15-13-19/h4-15,23,31H,16-18H2,1-3H3/t23?,30-/m0/s1. The zero-order valence-corrected chi connectivity index (χ0v) is 21.2. The third-order valence-electron chi connectivity index (χ3n) is 7.86. The van der Waals surface area contributed by atoms with Crippen LogP contribution in [0.5, 0.6) is 11.5 Å². The van der Waals surface area contributed by atoms with Crippen molar-refractivity contribution in [3.63, 3.8) is 0 Å². The monoisotopic (exact) mass is 495 g/mol. The molecule has 37 heavy (non-hydrogen) atoms. The molecule has 7 nitrogen and oxygen atoms in total. The number of hydrogen-bond acceptors (Lipinski definition) is 4. The molecule has 1 fully saturated rings. The fourth-order valence-electron chi connectivity index (χ4n) is 5.99. The van der Waals surface area contributed by atoms with Crippen molar-refractivity contribution in [1.82, 2.24) is 14.8 Å². The molecule has 2 amide bonds. The lowest BCUT2D eigenvalue weighted by molar-refractivity contribution is -0.166. The lowest BCUT2D eigenvalue weighted by Crippen LogP contribution is -2.67. The van der Waals surface area contributed by atoms with E-state index in [1.165, 1.54) is 0 Å². The van der Waals surface area contributed by atoms with Crippen LogP contribution in [0.4, 0.5) is 0 Å². The van der Waals surface area contributed by atoms with E-state index in [1.54, 1.807) is 24.0 Å². The zero-order valence-electron chi connectivity index (χ0n) is 21.2. The molecule has 1 saturated heterocycles. The normalized spacial score (nSPS) is 21.1. The number of ether oxygens (including phenoxy) is 2. The Morgan fingerprint density at radius 3 is 2.43 bits per heavy atom. The molecule has 7 heteroatoms. The van der Waals surface area contributed by atoms with Gasteiger partial charge >= 0.3 is 0 Å². The molecular formula is C30H29N3O4. The highest BCUT2D eigenvalue weighted by Gasteiger charge is 2.56. The van der Waals surface area contributed by atoms with E-state index in [0.717, 1.165) is 44.8 Å². The Labute approximate surface area is 215 Å². The maximum Gasteiger partial charge on any atom is 0.255 e. The number of carbonyl (C=O) groups is 2. The van der Waals surface area contributed by atoms with Crippen LogP contribution < -0.4 is 9.47 Å². The Hall–Kier alpha value is -4.26. The SMILES string of the molecule is COc1ccc(CN2CC(=O)N3CC(c4ccccc4OC)c4c([nH]c5ccccc45)[C@@]3(C)C2=O)cc1. The third kappa shape index (κ3) is 3.49. The van der Waals surface area contributed by atoms with Crippen LogP contribution in [0.3, 0.4) is 0 Å². The number of amides is 2. The average molecular weight is 496 g/mol. The summed E-state index contributed by atoms with van der Waals surface area (Å²) < 4.78 is 11.0. The Morgan fingerprint density at radius 1 is 0.946 bits per heavy atom. The second kappa shape index (κ2) is 8.69. The summed E-state index contributed by atoms with van der Waals surface area (Å²) >= 11 is 0. The minimum atomic E-state index is -1.14. The number of H-pyrrole nitrogens is 1. The first kappa shape index (κ1) is 23.2. The second-order valence-corrected chi connectivity index (χ2v) is 9.84. The van der Waals surface area contributed by atoms with Gasteiger partial charge in [0, 0.05) is 35.5 Å². The molecular weight excluding hydrogens is 466 g/mol. The zero-order chi connectivity index (χ0) is 25.7. The van der Waals surface area contributed by atoms with Crippen molar-refractivity contribution in [2.45, 2.75) is 24.9 Å². The van der Waals surface area contributed by atoms with Gasteiger partial charge < -0.3 is 24.3 Å². The predicted molar refractivity (Wildman–Crippen MR) is 141 cm³/mol. The van der Waals surface area contributed by atoms with Gasteiger partial charge in [-0.05, 0) is 42.3 Å². The molecule has 0 spiro atoms. The van der Waals surface area contributed by atoms with Gasteiger partial charge in [0.05, 0.1) is 19.9 Å². The summed E-state index contributed by atoms with van der Waals surface area (Å²) in [5.74, 6) is 1.22. The molecule has 1 unspecified atom stereocenters. The van der Waals surface area contributed by atoms with Crippen LogP contribution >= 0.6 is 0 Å². The molecule has 6 rings (SSSR count). The Morgan fingerprint density at radius 2 is 1.68 bits per heavy atom. The third-order valence-corrected chi connectivity index (χ3v) is 7.86. The van der Waals surface area contributed by atoms with Gasteiger partial charge in [0.15, 0.2) is 5.54 Å². The van der Waals surface area contributed by atoms with Gasteiger partial charge in [-0.15, -0.1) is 0 Å². The van der Waals surface area contributed by atoms with Crippen LogP contribution in [-0.4, -0.2) is 53.9 Å². The summed E-state index contributed by atoms with van der Waals surface area (Å²) in [6.45, 7) is 2.66. The Bertz CT molecular complexity index is 1510. The van der Waals surface area contributed by atoms with Crippen molar-refractivity contribution in [2.75, 3.05) is 27.3 Å². The van der Waals surface area contributed by atoms with E-state index in [1.807, 2.05) is 73.7 Å². The number of para-hydroxylation sites is 2. The second-order valence-electron chi connectivity index (χ2n) is 9.84. The molecule has 3 aromatic carbocycles. The van der Waals surface area contributed by atoms with E-state index in [2.05, 4.69) is 11.1 Å². The average Bonchev–Trinajstić information content (AvgIpc) is 3.33. The fourth-order valence-corrected chi connectivity index (χ4v) is 5.99. The number of benzene rings is 3. The summed E-state index contributed by atoms with van der Waals surface area (Å²) in [7, 11) is 3.28. The highest BCUT2D eigenvalue weighted by atomic mass is 16.5. The molecule has 188 valence electrons. The lowest BCUT2D eigenvalue weighted by atomic mass is 9.76. The molecule has 2 aliphatic heterocycles. The topological polar surface area (TPSA) is 74.9 Å². The smallest absolute Gasteiger partial charge is 0.255 e. The predicted octanol–water partition coefficient (Wildman–Crippen LogP) is 4.42. The van der Waals surface area contributed by atoms with Gasteiger partial charge in [-0.1, -0.05) is 48.5 Å². The summed E-state index contributed by atoms with van der Waals surface area (Å²) in [6.07, 6.45) is 0. The van der Waals surface area contributed by atoms with E-state index in [4.69, 9.17) is 9.47 Å². The van der Waals surface area contributed by atoms with Gasteiger partial charge in [-0.25, -0.2) is 0 Å². The number of rotatable bonds is 5. The van der Waals surface area contributed by atoms with Crippen LogP contribution in [-0.2, 0) is 21.7 Å². The van der Waals surface area contributed by atoms with Crippen LogP contribution in [0.25, 0.3) is 10.9 Å². The molecule has 3 heterocycles. The number of nitrogens with one attached hydrogen (secondary N) is 1. The van der Waals surface area contributed by atoms with E-state index >= 15 is 0 Å². The molecule has 4 aromatic rings. The first-order valence-corrected chi connectivity index (χ1v) is 12.4. The maximum atomic E-state index is 14.2. The molecule has 1 aromatic heterocycles. The summed E-state index contributed by atoms with van der Waals surface area (Å²) in [4.78, 5) is 34.9. The van der Waals surface area contributed by atoms with E-state index in [0.29, 0.717) is 13.1 Å². The number of fused-ring (bicyclic) bond motifs is 5. The highest BCUT2D eigenvalue weighted by molar-refractivity contribution is 6.01. The van der Waals surface area contributed by atoms with Crippen LogP contribution in [0.1, 0.15) is 35.2 Å². The maximum absolute atomic E-state index is 14.2. The summed E-state index contributed by atoms with van der Waals surface area (Å²) in [5.41, 5.74) is 3.56. The Kier molecular flexibility index (Phi) is 5.44. The molecule has 2 aliphatic rings. The van der Waals surface area contributed by atoms with Gasteiger partial charge in [-0.2, -0.15) is 0 Å². The summed E-state index contributed by atoms with van der Waals surface area (Å²) in [5, 5.41) is 1.06. The highest BCUT2D eigenvalue weighted by Crippen LogP contribution is 2.49. The molecule has 0 aliphatic carbocycles. The minimum absolute atomic E-state index is 0.0364. The van der Waals surface area contributed by atoms with E-state index < -0.39 is 5.54 Å². The fraction of sp³-hybridized carbons (Fsp3) is 0.267. The van der Waals surface area contributed by atoms with Gasteiger partial charge in [0.25, 0.3) is 5.91 Å². The lowest BCUT2D eigenvalue weighted by Gasteiger charge is -2.51. The number of carbonyl (C=O) groups excluding carboxylic acids is 2. The minimum Gasteiger partial charge on any atom is -0.497 e. The van der Waals surface area contributed by atoms with Crippen molar-refractivity contribution in [1.29, 1.82) is 0 Å². The first-order valence-electron chi connectivity index (χ1n) is 12.4. The van der Waals surface area contributed by atoms with Crippen molar-refractivity contribution in [2.24, 2.45) is 0 Å². The van der Waals surface area contributed by atoms with Crippen molar-refractivity contribution >= 4 is 22.7 Å². The van der Waals surface area contributed by atoms with Gasteiger partial charge in [0.1, 0.15) is 18.0 Å². The van der Waals surface area contributed by atoms with Crippen LogP contribution in [0.2, 0.25) is 0 Å². The van der Waals surface area contributed by atoms with Crippen LogP contribution in [0.15, 0.2) is 72.8 Å². The van der Waals surface area contributed by atoms with E-state index in [9.17, 15) is 9.59 Å². The first-order chi connectivity index (χ1) is 18.0. The number of aromatic nitrogens is 1. The van der Waals surface area contributed by atoms with Gasteiger partial charge in [0.2, 0.25) is 5.91 Å². The molecule has 0 radical (unpaired) electrons. The number of piperazine rings is 1. The molecule has 1 N–H and O–H groups in total. The Balaban J connectivity index is 1.48. The van der Waals surface area contributed by atoms with Crippen LogP contribution in [0, 0.1) is 0 Å². The summed E-state index contributed by atoms with van der Waals surface area (Å²) in [6, 6.07) is 23.6. The molecule has 2 atom stereocenters. The number of nitrogens with zero attached hydrogens (tertiary/aromatic N) is 2. The van der Waals surface area contributed by atoms with E-state index in [-0.39, 0.29) is 24.3 Å². The number of methoxy groups -OCH3 is 2. The quantitative estimate of drug-likeness (QED) is 0.445. The molecule has 0 saturated carbocycles. The van der Waals surface area contributed by atoms with Gasteiger partial charge in [-0.3, -0.25) is 9.59 Å². The van der Waals surface area contributed by atoms with Crippen molar-refractivity contribution in [3.8, 4) is 11.5 Å². The van der Waals surface area contributed by atoms with Crippen molar-refractivity contribution in [3.05, 3.63) is 95.2 Å². The molecule has 0 bridgehead atoms. The largest absolute Gasteiger partial charge is 0.497 e. The number of hydrogen-bond donors (Lipinski definition) is 1.